The van der Waals surface area contributed by atoms with Crippen molar-refractivity contribution in [3.8, 4) is 0 Å². The third-order valence-electron chi connectivity index (χ3n) is 4.29. The SMILES string of the molecule is CS(=O)(=O)c1ccc(CNC(=O)[C@@H]2COC(=O)N2Cc2ccccc2)cc1. The topological polar surface area (TPSA) is 92.8 Å². The molecule has 0 unspecified atom stereocenters. The fourth-order valence-electron chi connectivity index (χ4n) is 2.78. The molecule has 1 N–H and O–H groups in total. The van der Waals surface area contributed by atoms with Crippen LogP contribution in [0.15, 0.2) is 59.5 Å². The van der Waals surface area contributed by atoms with Crippen LogP contribution in [-0.2, 0) is 32.5 Å². The van der Waals surface area contributed by atoms with Crippen molar-refractivity contribution in [1.29, 1.82) is 0 Å². The second-order valence-corrected chi connectivity index (χ2v) is 8.36. The lowest BCUT2D eigenvalue weighted by Crippen LogP contribution is -2.45. The van der Waals surface area contributed by atoms with Gasteiger partial charge in [-0.3, -0.25) is 9.69 Å². The maximum Gasteiger partial charge on any atom is 0.410 e. The van der Waals surface area contributed by atoms with Gasteiger partial charge in [-0.2, -0.15) is 0 Å². The van der Waals surface area contributed by atoms with Gasteiger partial charge in [0.2, 0.25) is 5.91 Å². The minimum absolute atomic E-state index is 0.00448. The lowest BCUT2D eigenvalue weighted by molar-refractivity contribution is -0.125. The third kappa shape index (κ3) is 4.65. The van der Waals surface area contributed by atoms with Crippen LogP contribution in [0.25, 0.3) is 0 Å². The van der Waals surface area contributed by atoms with E-state index in [0.29, 0.717) is 6.54 Å². The summed E-state index contributed by atoms with van der Waals surface area (Å²) in [5, 5.41) is 2.77. The highest BCUT2D eigenvalue weighted by Gasteiger charge is 2.37. The Morgan fingerprint density at radius 3 is 2.41 bits per heavy atom. The fraction of sp³-hybridized carbons (Fsp3) is 0.263. The summed E-state index contributed by atoms with van der Waals surface area (Å²) in [7, 11) is -3.26. The number of ether oxygens (including phenoxy) is 1. The molecule has 142 valence electrons. The van der Waals surface area contributed by atoms with Gasteiger partial charge in [0.15, 0.2) is 9.84 Å². The van der Waals surface area contributed by atoms with Gasteiger partial charge in [0.1, 0.15) is 12.6 Å². The van der Waals surface area contributed by atoms with Crippen LogP contribution in [0.5, 0.6) is 0 Å². The number of amides is 2. The van der Waals surface area contributed by atoms with Crippen molar-refractivity contribution in [3.05, 3.63) is 65.7 Å². The van der Waals surface area contributed by atoms with Crippen molar-refractivity contribution in [1.82, 2.24) is 10.2 Å². The summed E-state index contributed by atoms with van der Waals surface area (Å²) >= 11 is 0. The fourth-order valence-corrected chi connectivity index (χ4v) is 3.41. The minimum Gasteiger partial charge on any atom is -0.447 e. The monoisotopic (exact) mass is 388 g/mol. The molecule has 2 amide bonds. The van der Waals surface area contributed by atoms with Crippen LogP contribution in [0, 0.1) is 0 Å². The molecule has 1 saturated heterocycles. The molecule has 1 fully saturated rings. The predicted molar refractivity (Wildman–Crippen MR) is 98.5 cm³/mol. The first-order valence-electron chi connectivity index (χ1n) is 8.38. The second kappa shape index (κ2) is 7.79. The average Bonchev–Trinajstić information content (AvgIpc) is 3.01. The largest absolute Gasteiger partial charge is 0.447 e. The van der Waals surface area contributed by atoms with Crippen molar-refractivity contribution < 1.29 is 22.7 Å². The summed E-state index contributed by atoms with van der Waals surface area (Å²) in [5.41, 5.74) is 1.67. The smallest absolute Gasteiger partial charge is 0.410 e. The summed E-state index contributed by atoms with van der Waals surface area (Å²) in [6.07, 6.45) is 0.624. The van der Waals surface area contributed by atoms with Gasteiger partial charge in [0.05, 0.1) is 11.4 Å². The number of hydrogen-bond acceptors (Lipinski definition) is 5. The van der Waals surface area contributed by atoms with Gasteiger partial charge in [-0.25, -0.2) is 13.2 Å². The maximum absolute atomic E-state index is 12.5. The van der Waals surface area contributed by atoms with Crippen LogP contribution in [0.2, 0.25) is 0 Å². The lowest BCUT2D eigenvalue weighted by atomic mass is 10.1. The normalized spacial score (nSPS) is 16.9. The van der Waals surface area contributed by atoms with E-state index >= 15 is 0 Å². The first-order valence-corrected chi connectivity index (χ1v) is 10.3. The Hall–Kier alpha value is -2.87. The molecular formula is C19H20N2O5S. The van der Waals surface area contributed by atoms with E-state index in [-0.39, 0.29) is 24.0 Å². The number of nitrogens with zero attached hydrogens (tertiary/aromatic N) is 1. The number of carbonyl (C=O) groups is 2. The molecule has 3 rings (SSSR count). The molecule has 7 nitrogen and oxygen atoms in total. The Balaban J connectivity index is 1.62. The van der Waals surface area contributed by atoms with Crippen molar-refractivity contribution in [3.63, 3.8) is 0 Å². The van der Waals surface area contributed by atoms with Crippen LogP contribution >= 0.6 is 0 Å². The number of carbonyl (C=O) groups excluding carboxylic acids is 2. The summed E-state index contributed by atoms with van der Waals surface area (Å²) in [6, 6.07) is 15.0. The van der Waals surface area contributed by atoms with Gasteiger partial charge in [0, 0.05) is 12.8 Å². The first-order chi connectivity index (χ1) is 12.8. The van der Waals surface area contributed by atoms with Crippen LogP contribution in [0.1, 0.15) is 11.1 Å². The van der Waals surface area contributed by atoms with Crippen LogP contribution < -0.4 is 5.32 Å². The van der Waals surface area contributed by atoms with E-state index in [0.717, 1.165) is 17.4 Å². The molecule has 2 aromatic rings. The molecule has 2 aromatic carbocycles. The Morgan fingerprint density at radius 2 is 1.78 bits per heavy atom. The molecule has 0 aliphatic carbocycles. The summed E-state index contributed by atoms with van der Waals surface area (Å²) in [6.45, 7) is 0.526. The number of cyclic esters (lactones) is 1. The predicted octanol–water partition coefficient (Wildman–Crippen LogP) is 1.73. The molecule has 1 aliphatic rings. The quantitative estimate of drug-likeness (QED) is 0.814. The summed E-state index contributed by atoms with van der Waals surface area (Å²) in [4.78, 5) is 26.1. The Labute approximate surface area is 157 Å². The first kappa shape index (κ1) is 18.9. The van der Waals surface area contributed by atoms with E-state index in [9.17, 15) is 18.0 Å². The van der Waals surface area contributed by atoms with Gasteiger partial charge in [0.25, 0.3) is 0 Å². The van der Waals surface area contributed by atoms with Crippen molar-refractivity contribution in [2.45, 2.75) is 24.0 Å². The van der Waals surface area contributed by atoms with Crippen molar-refractivity contribution in [2.24, 2.45) is 0 Å². The molecule has 0 aromatic heterocycles. The van der Waals surface area contributed by atoms with Gasteiger partial charge < -0.3 is 10.1 Å². The van der Waals surface area contributed by atoms with Crippen LogP contribution in [0.4, 0.5) is 4.79 Å². The molecule has 0 saturated carbocycles. The molecule has 27 heavy (non-hydrogen) atoms. The zero-order valence-corrected chi connectivity index (χ0v) is 15.6. The van der Waals surface area contributed by atoms with Gasteiger partial charge in [-0.05, 0) is 23.3 Å². The summed E-state index contributed by atoms with van der Waals surface area (Å²) in [5.74, 6) is -0.316. The molecule has 8 heteroatoms. The van der Waals surface area contributed by atoms with Gasteiger partial charge in [-0.15, -0.1) is 0 Å². The van der Waals surface area contributed by atoms with Gasteiger partial charge >= 0.3 is 6.09 Å². The van der Waals surface area contributed by atoms with Crippen molar-refractivity contribution >= 4 is 21.8 Å². The van der Waals surface area contributed by atoms with E-state index in [2.05, 4.69) is 5.32 Å². The van der Waals surface area contributed by atoms with Crippen molar-refractivity contribution in [2.75, 3.05) is 12.9 Å². The standard InChI is InChI=1S/C19H20N2O5S/c1-27(24,25)16-9-7-14(8-10-16)11-20-18(22)17-13-26-19(23)21(17)12-15-5-3-2-4-6-15/h2-10,17H,11-13H2,1H3,(H,20,22)/t17-/m0/s1. The van der Waals surface area contributed by atoms with E-state index in [1.54, 1.807) is 12.1 Å². The molecular weight excluding hydrogens is 368 g/mol. The van der Waals surface area contributed by atoms with Gasteiger partial charge in [-0.1, -0.05) is 42.5 Å². The van der Waals surface area contributed by atoms with E-state index in [1.165, 1.54) is 17.0 Å². The number of rotatable bonds is 6. The molecule has 0 spiro atoms. The molecule has 0 bridgehead atoms. The Morgan fingerprint density at radius 1 is 1.11 bits per heavy atom. The highest BCUT2D eigenvalue weighted by atomic mass is 32.2. The van der Waals surface area contributed by atoms with E-state index in [1.807, 2.05) is 30.3 Å². The van der Waals surface area contributed by atoms with E-state index < -0.39 is 22.0 Å². The zero-order valence-electron chi connectivity index (χ0n) is 14.8. The maximum atomic E-state index is 12.5. The number of hydrogen-bond donors (Lipinski definition) is 1. The van der Waals surface area contributed by atoms with Crippen LogP contribution in [-0.4, -0.2) is 44.2 Å². The molecule has 1 heterocycles. The number of nitrogens with one attached hydrogen (secondary N) is 1. The second-order valence-electron chi connectivity index (χ2n) is 6.34. The highest BCUT2D eigenvalue weighted by molar-refractivity contribution is 7.90. The third-order valence-corrected chi connectivity index (χ3v) is 5.42. The van der Waals surface area contributed by atoms with Crippen LogP contribution in [0.3, 0.4) is 0 Å². The average molecular weight is 388 g/mol. The summed E-state index contributed by atoms with van der Waals surface area (Å²) < 4.78 is 28.0. The molecule has 1 aliphatic heterocycles. The Bertz CT molecular complexity index is 926. The zero-order chi connectivity index (χ0) is 19.4. The molecule has 0 radical (unpaired) electrons. The minimum atomic E-state index is -3.26. The van der Waals surface area contributed by atoms with E-state index in [4.69, 9.17) is 4.74 Å². The number of sulfone groups is 1. The Kier molecular flexibility index (Phi) is 5.46. The highest BCUT2D eigenvalue weighted by Crippen LogP contribution is 2.17. The lowest BCUT2D eigenvalue weighted by Gasteiger charge is -2.20. The number of benzene rings is 2. The molecule has 1 atom stereocenters.